The van der Waals surface area contributed by atoms with Crippen molar-refractivity contribution in [1.82, 2.24) is 10.3 Å². The summed E-state index contributed by atoms with van der Waals surface area (Å²) in [7, 11) is 1.77. The van der Waals surface area contributed by atoms with Gasteiger partial charge in [0, 0.05) is 21.3 Å². The third-order valence-corrected chi connectivity index (χ3v) is 6.37. The summed E-state index contributed by atoms with van der Waals surface area (Å²) in [6, 6.07) is 16.8. The maximum absolute atomic E-state index is 9.55. The Kier molecular flexibility index (Phi) is 7.72. The molecule has 0 aliphatic carbocycles. The Balaban J connectivity index is 1.60. The van der Waals surface area contributed by atoms with E-state index in [9.17, 15) is 10.2 Å². The minimum Gasteiger partial charge on any atom is -0.448 e. The monoisotopic (exact) mass is 426 g/mol. The second-order valence-corrected chi connectivity index (χ2v) is 8.99. The van der Waals surface area contributed by atoms with E-state index >= 15 is 0 Å². The van der Waals surface area contributed by atoms with E-state index in [1.165, 1.54) is 10.5 Å². The van der Waals surface area contributed by atoms with Crippen molar-refractivity contribution in [3.8, 4) is 11.3 Å². The Labute approximate surface area is 182 Å². The molecule has 2 aromatic carbocycles. The summed E-state index contributed by atoms with van der Waals surface area (Å²) in [5, 5.41) is 22.1. The predicted molar refractivity (Wildman–Crippen MR) is 121 cm³/mol. The molecule has 0 atom stereocenters. The fourth-order valence-corrected chi connectivity index (χ4v) is 3.93. The quantitative estimate of drug-likeness (QED) is 0.443. The first-order chi connectivity index (χ1) is 14.5. The largest absolute Gasteiger partial charge is 0.448 e. The molecule has 0 radical (unpaired) electrons. The van der Waals surface area contributed by atoms with Crippen molar-refractivity contribution in [3.63, 3.8) is 0 Å². The van der Waals surface area contributed by atoms with Gasteiger partial charge in [0.25, 0.3) is 0 Å². The van der Waals surface area contributed by atoms with E-state index in [2.05, 4.69) is 72.7 Å². The highest BCUT2D eigenvalue weighted by Crippen LogP contribution is 2.30. The van der Waals surface area contributed by atoms with E-state index in [1.807, 2.05) is 0 Å². The van der Waals surface area contributed by atoms with Crippen LogP contribution >= 0.6 is 11.8 Å². The molecule has 5 nitrogen and oxygen atoms in total. The van der Waals surface area contributed by atoms with Crippen molar-refractivity contribution < 1.29 is 14.6 Å². The molecule has 30 heavy (non-hydrogen) atoms. The first-order valence-corrected chi connectivity index (χ1v) is 11.0. The summed E-state index contributed by atoms with van der Waals surface area (Å²) in [5.41, 5.74) is 2.46. The van der Waals surface area contributed by atoms with Crippen molar-refractivity contribution >= 4 is 11.8 Å². The number of aromatic nitrogens is 1. The maximum Gasteiger partial charge on any atom is 0.197 e. The Morgan fingerprint density at radius 1 is 1.00 bits per heavy atom. The van der Waals surface area contributed by atoms with Gasteiger partial charge in [0.2, 0.25) is 0 Å². The lowest BCUT2D eigenvalue weighted by Gasteiger charge is -2.29. The number of rotatable bonds is 10. The van der Waals surface area contributed by atoms with Gasteiger partial charge in [0.15, 0.2) is 5.89 Å². The first kappa shape index (κ1) is 22.6. The Morgan fingerprint density at radius 2 is 1.60 bits per heavy atom. The molecule has 0 aliphatic rings. The molecule has 0 saturated heterocycles. The number of hydrogen-bond donors (Lipinski definition) is 3. The van der Waals surface area contributed by atoms with Crippen LogP contribution in [-0.2, 0) is 6.42 Å². The van der Waals surface area contributed by atoms with Crippen molar-refractivity contribution in [3.05, 3.63) is 66.2 Å². The highest BCUT2D eigenvalue weighted by Gasteiger charge is 2.25. The molecule has 1 aromatic heterocycles. The molecule has 0 saturated carbocycles. The zero-order valence-corrected chi connectivity index (χ0v) is 18.6. The molecule has 0 spiro atoms. The van der Waals surface area contributed by atoms with E-state index in [1.54, 1.807) is 25.1 Å². The van der Waals surface area contributed by atoms with Gasteiger partial charge in [-0.2, -0.15) is 0 Å². The summed E-state index contributed by atoms with van der Waals surface area (Å²) in [4.78, 5) is 6.87. The van der Waals surface area contributed by atoms with E-state index < -0.39 is 5.54 Å². The summed E-state index contributed by atoms with van der Waals surface area (Å²) in [5.74, 6) is 1.03. The molecule has 0 fully saturated rings. The molecule has 0 aliphatic heterocycles. The summed E-state index contributed by atoms with van der Waals surface area (Å²) >= 11 is 1.71. The summed E-state index contributed by atoms with van der Waals surface area (Å²) in [6.07, 6.45) is 3.18. The molecule has 0 bridgehead atoms. The average Bonchev–Trinajstić information content (AvgIpc) is 3.27. The van der Waals surface area contributed by atoms with Crippen molar-refractivity contribution in [2.24, 2.45) is 0 Å². The Bertz CT molecular complexity index is 908. The van der Waals surface area contributed by atoms with Gasteiger partial charge in [-0.15, -0.1) is 0 Å². The van der Waals surface area contributed by atoms with Crippen LogP contribution in [0, 0.1) is 0 Å². The standard InChI is InChI=1S/C24H30N2O3S/c1-17(2)23-26-22(14-29-23)19-6-10-21(11-7-19)30-20-8-4-18(5-9-20)12-13-24(15-27,16-28)25-3/h4-11,14,17,25,27-28H,12-13,15-16H2,1-3H3. The molecular formula is C24H30N2O3S. The van der Waals surface area contributed by atoms with E-state index in [4.69, 9.17) is 4.42 Å². The van der Waals surface area contributed by atoms with Gasteiger partial charge < -0.3 is 19.9 Å². The number of aliphatic hydroxyl groups excluding tert-OH is 2. The highest BCUT2D eigenvalue weighted by atomic mass is 32.2. The smallest absolute Gasteiger partial charge is 0.197 e. The third-order valence-electron chi connectivity index (χ3n) is 5.35. The van der Waals surface area contributed by atoms with Gasteiger partial charge in [0.05, 0.1) is 18.8 Å². The van der Waals surface area contributed by atoms with E-state index in [0.717, 1.165) is 28.5 Å². The second kappa shape index (κ2) is 10.3. The first-order valence-electron chi connectivity index (χ1n) is 10.2. The van der Waals surface area contributed by atoms with Crippen LogP contribution in [0.15, 0.2) is 69.0 Å². The topological polar surface area (TPSA) is 78.5 Å². The number of nitrogens with one attached hydrogen (secondary N) is 1. The second-order valence-electron chi connectivity index (χ2n) is 7.84. The zero-order valence-electron chi connectivity index (χ0n) is 17.8. The molecule has 3 aromatic rings. The van der Waals surface area contributed by atoms with Crippen molar-refractivity contribution in [2.75, 3.05) is 20.3 Å². The molecule has 0 unspecified atom stereocenters. The maximum atomic E-state index is 9.55. The third kappa shape index (κ3) is 5.52. The number of likely N-dealkylation sites (N-methyl/N-ethyl adjacent to an activating group) is 1. The SMILES string of the molecule is CNC(CO)(CO)CCc1ccc(Sc2ccc(-c3coc(C(C)C)n3)cc2)cc1. The number of hydrogen-bond acceptors (Lipinski definition) is 6. The number of benzene rings is 2. The van der Waals surface area contributed by atoms with Gasteiger partial charge in [-0.3, -0.25) is 0 Å². The van der Waals surface area contributed by atoms with E-state index in [0.29, 0.717) is 6.42 Å². The van der Waals surface area contributed by atoms with Crippen molar-refractivity contribution in [1.29, 1.82) is 0 Å². The number of aliphatic hydroxyl groups is 2. The van der Waals surface area contributed by atoms with Crippen LogP contribution in [0.25, 0.3) is 11.3 Å². The molecule has 1 heterocycles. The van der Waals surface area contributed by atoms with Gasteiger partial charge in [-0.05, 0) is 49.7 Å². The highest BCUT2D eigenvalue weighted by molar-refractivity contribution is 7.99. The van der Waals surface area contributed by atoms with Crippen molar-refractivity contribution in [2.45, 2.75) is 47.9 Å². The molecule has 3 N–H and O–H groups in total. The van der Waals surface area contributed by atoms with Crippen LogP contribution in [0.2, 0.25) is 0 Å². The lowest BCUT2D eigenvalue weighted by molar-refractivity contribution is 0.0906. The average molecular weight is 427 g/mol. The fourth-order valence-electron chi connectivity index (χ4n) is 3.11. The molecular weight excluding hydrogens is 396 g/mol. The van der Waals surface area contributed by atoms with Gasteiger partial charge in [0.1, 0.15) is 12.0 Å². The van der Waals surface area contributed by atoms with Crippen LogP contribution in [-0.4, -0.2) is 41.0 Å². The van der Waals surface area contributed by atoms with Crippen LogP contribution in [0.1, 0.15) is 37.6 Å². The Morgan fingerprint density at radius 3 is 2.10 bits per heavy atom. The Hall–Kier alpha value is -2.12. The van der Waals surface area contributed by atoms with Gasteiger partial charge in [-0.1, -0.05) is 49.9 Å². The lowest BCUT2D eigenvalue weighted by Crippen LogP contribution is -2.50. The van der Waals surface area contributed by atoms with Crippen LogP contribution in [0.5, 0.6) is 0 Å². The van der Waals surface area contributed by atoms with Crippen LogP contribution < -0.4 is 5.32 Å². The lowest BCUT2D eigenvalue weighted by atomic mass is 9.93. The number of nitrogens with zero attached hydrogens (tertiary/aromatic N) is 1. The normalized spacial score (nSPS) is 11.9. The zero-order chi connectivity index (χ0) is 21.6. The molecule has 3 rings (SSSR count). The molecule has 160 valence electrons. The number of aryl methyl sites for hydroxylation is 1. The van der Waals surface area contributed by atoms with Crippen LogP contribution in [0.3, 0.4) is 0 Å². The minimum absolute atomic E-state index is 0.0863. The minimum atomic E-state index is -0.630. The van der Waals surface area contributed by atoms with Gasteiger partial charge in [-0.25, -0.2) is 4.98 Å². The van der Waals surface area contributed by atoms with E-state index in [-0.39, 0.29) is 19.1 Å². The summed E-state index contributed by atoms with van der Waals surface area (Å²) < 4.78 is 5.53. The fraction of sp³-hybridized carbons (Fsp3) is 0.375. The predicted octanol–water partition coefficient (Wildman–Crippen LogP) is 4.49. The summed E-state index contributed by atoms with van der Waals surface area (Å²) in [6.45, 7) is 3.96. The molecule has 0 amide bonds. The van der Waals surface area contributed by atoms with Crippen LogP contribution in [0.4, 0.5) is 0 Å². The van der Waals surface area contributed by atoms with Gasteiger partial charge >= 0.3 is 0 Å². The number of oxazole rings is 1. The molecule has 6 heteroatoms.